The van der Waals surface area contributed by atoms with E-state index in [0.29, 0.717) is 10.6 Å². The first kappa shape index (κ1) is 14.2. The molecule has 0 atom stereocenters. The Hall–Kier alpha value is -2.45. The predicted molar refractivity (Wildman–Crippen MR) is 94.8 cm³/mol. The summed E-state index contributed by atoms with van der Waals surface area (Å²) in [6.45, 7) is 1.44. The molecule has 0 unspecified atom stereocenters. The maximum absolute atomic E-state index is 12.4. The number of benzene rings is 4. The number of carbonyl (C=O) groups is 2. The molecule has 112 valence electrons. The Morgan fingerprint density at radius 3 is 2.09 bits per heavy atom. The molecule has 0 N–H and O–H groups in total. The van der Waals surface area contributed by atoms with Gasteiger partial charge in [0.15, 0.2) is 5.78 Å². The van der Waals surface area contributed by atoms with E-state index in [1.54, 1.807) is 0 Å². The van der Waals surface area contributed by atoms with Gasteiger partial charge in [-0.2, -0.15) is 0 Å². The summed E-state index contributed by atoms with van der Waals surface area (Å²) in [6.07, 6.45) is -0.0648. The molecular weight excluding hydrogens is 308 g/mol. The van der Waals surface area contributed by atoms with Crippen LogP contribution in [0.15, 0.2) is 48.5 Å². The van der Waals surface area contributed by atoms with Crippen molar-refractivity contribution in [3.05, 3.63) is 59.1 Å². The van der Waals surface area contributed by atoms with E-state index in [1.807, 2.05) is 36.4 Å². The molecule has 0 aromatic heterocycles. The lowest BCUT2D eigenvalue weighted by molar-refractivity contribution is -0.116. The third-order valence-electron chi connectivity index (χ3n) is 4.32. The molecule has 0 heterocycles. The molecule has 0 fully saturated rings. The molecule has 2 nitrogen and oxygen atoms in total. The first-order chi connectivity index (χ1) is 11.1. The zero-order valence-electron chi connectivity index (χ0n) is 12.5. The van der Waals surface area contributed by atoms with Crippen LogP contribution in [0.25, 0.3) is 32.3 Å². The summed E-state index contributed by atoms with van der Waals surface area (Å²) in [4.78, 5) is 23.7. The van der Waals surface area contributed by atoms with Crippen LogP contribution in [0.5, 0.6) is 0 Å². The van der Waals surface area contributed by atoms with E-state index in [9.17, 15) is 9.59 Å². The Morgan fingerprint density at radius 1 is 0.826 bits per heavy atom. The van der Waals surface area contributed by atoms with Gasteiger partial charge in [-0.1, -0.05) is 54.1 Å². The Balaban J connectivity index is 2.14. The van der Waals surface area contributed by atoms with Gasteiger partial charge in [-0.05, 0) is 39.9 Å². The molecule has 23 heavy (non-hydrogen) atoms. The molecule has 0 amide bonds. The predicted octanol–water partition coefficient (Wildman–Crippen LogP) is 5.40. The van der Waals surface area contributed by atoms with E-state index in [4.69, 9.17) is 11.6 Å². The van der Waals surface area contributed by atoms with E-state index in [1.165, 1.54) is 6.92 Å². The highest BCUT2D eigenvalue weighted by Crippen LogP contribution is 2.38. The van der Waals surface area contributed by atoms with Crippen molar-refractivity contribution in [3.63, 3.8) is 0 Å². The van der Waals surface area contributed by atoms with Crippen LogP contribution in [-0.2, 0) is 4.79 Å². The SMILES string of the molecule is CC(=O)CC(=O)c1ccc2ccc3ccc(Cl)c4ccc1c2c34. The Kier molecular flexibility index (Phi) is 3.10. The fourth-order valence-corrected chi connectivity index (χ4v) is 3.55. The van der Waals surface area contributed by atoms with Crippen LogP contribution in [0.3, 0.4) is 0 Å². The molecular formula is C20H13ClO2. The minimum absolute atomic E-state index is 0.0648. The monoisotopic (exact) mass is 320 g/mol. The van der Waals surface area contributed by atoms with E-state index in [2.05, 4.69) is 12.1 Å². The van der Waals surface area contributed by atoms with Crippen LogP contribution in [0.1, 0.15) is 23.7 Å². The van der Waals surface area contributed by atoms with E-state index >= 15 is 0 Å². The topological polar surface area (TPSA) is 34.1 Å². The minimum atomic E-state index is -0.137. The molecule has 0 spiro atoms. The summed E-state index contributed by atoms with van der Waals surface area (Å²) in [5, 5.41) is 6.85. The Bertz CT molecular complexity index is 1100. The summed E-state index contributed by atoms with van der Waals surface area (Å²) in [7, 11) is 0. The van der Waals surface area contributed by atoms with Crippen molar-refractivity contribution in [2.45, 2.75) is 13.3 Å². The van der Waals surface area contributed by atoms with Gasteiger partial charge in [-0.25, -0.2) is 0 Å². The lowest BCUT2D eigenvalue weighted by atomic mass is 9.90. The largest absolute Gasteiger partial charge is 0.300 e. The minimum Gasteiger partial charge on any atom is -0.300 e. The molecule has 0 saturated heterocycles. The lowest BCUT2D eigenvalue weighted by Gasteiger charge is -2.14. The second-order valence-electron chi connectivity index (χ2n) is 5.88. The van der Waals surface area contributed by atoms with Gasteiger partial charge in [-0.15, -0.1) is 0 Å². The van der Waals surface area contributed by atoms with Crippen LogP contribution < -0.4 is 0 Å². The van der Waals surface area contributed by atoms with Crippen LogP contribution in [-0.4, -0.2) is 11.6 Å². The van der Waals surface area contributed by atoms with Gasteiger partial charge in [0.1, 0.15) is 5.78 Å². The second kappa shape index (κ2) is 5.04. The summed E-state index contributed by atoms with van der Waals surface area (Å²) in [5.74, 6) is -0.259. The highest BCUT2D eigenvalue weighted by Gasteiger charge is 2.16. The van der Waals surface area contributed by atoms with Gasteiger partial charge in [0.05, 0.1) is 6.42 Å². The first-order valence-electron chi connectivity index (χ1n) is 7.45. The highest BCUT2D eigenvalue weighted by atomic mass is 35.5. The molecule has 0 aliphatic heterocycles. The fraction of sp³-hybridized carbons (Fsp3) is 0.100. The van der Waals surface area contributed by atoms with Crippen molar-refractivity contribution in [3.8, 4) is 0 Å². The van der Waals surface area contributed by atoms with Crippen molar-refractivity contribution < 1.29 is 9.59 Å². The number of Topliss-reactive ketones (excluding diaryl/α,β-unsaturated/α-hetero) is 2. The number of halogens is 1. The van der Waals surface area contributed by atoms with Crippen LogP contribution in [0.4, 0.5) is 0 Å². The zero-order valence-corrected chi connectivity index (χ0v) is 13.3. The number of hydrogen-bond donors (Lipinski definition) is 0. The van der Waals surface area contributed by atoms with Crippen molar-refractivity contribution in [1.82, 2.24) is 0 Å². The average molecular weight is 321 g/mol. The zero-order chi connectivity index (χ0) is 16.1. The van der Waals surface area contributed by atoms with Gasteiger partial charge in [0.25, 0.3) is 0 Å². The molecule has 4 aromatic carbocycles. The van der Waals surface area contributed by atoms with Gasteiger partial charge in [-0.3, -0.25) is 9.59 Å². The fourth-order valence-electron chi connectivity index (χ4n) is 3.33. The third-order valence-corrected chi connectivity index (χ3v) is 4.65. The lowest BCUT2D eigenvalue weighted by Crippen LogP contribution is -2.05. The number of rotatable bonds is 3. The van der Waals surface area contributed by atoms with Gasteiger partial charge in [0.2, 0.25) is 0 Å². The van der Waals surface area contributed by atoms with Crippen molar-refractivity contribution in [1.29, 1.82) is 0 Å². The number of ketones is 2. The van der Waals surface area contributed by atoms with Crippen molar-refractivity contribution in [2.24, 2.45) is 0 Å². The van der Waals surface area contributed by atoms with Gasteiger partial charge >= 0.3 is 0 Å². The smallest absolute Gasteiger partial charge is 0.170 e. The van der Waals surface area contributed by atoms with Gasteiger partial charge in [0, 0.05) is 16.0 Å². The summed E-state index contributed by atoms with van der Waals surface area (Å²) in [5.41, 5.74) is 0.599. The Morgan fingerprint density at radius 2 is 1.39 bits per heavy atom. The summed E-state index contributed by atoms with van der Waals surface area (Å²) in [6, 6.07) is 15.7. The van der Waals surface area contributed by atoms with E-state index < -0.39 is 0 Å². The van der Waals surface area contributed by atoms with Crippen LogP contribution >= 0.6 is 11.6 Å². The maximum Gasteiger partial charge on any atom is 0.170 e. The van der Waals surface area contributed by atoms with E-state index in [-0.39, 0.29) is 18.0 Å². The molecule has 0 aliphatic carbocycles. The van der Waals surface area contributed by atoms with Crippen molar-refractivity contribution in [2.75, 3.05) is 0 Å². The van der Waals surface area contributed by atoms with Gasteiger partial charge < -0.3 is 0 Å². The molecule has 0 radical (unpaired) electrons. The molecule has 4 aromatic rings. The van der Waals surface area contributed by atoms with Crippen molar-refractivity contribution >= 4 is 55.5 Å². The molecule has 0 saturated carbocycles. The molecule has 4 rings (SSSR count). The van der Waals surface area contributed by atoms with Crippen LogP contribution in [0, 0.1) is 0 Å². The standard InChI is InChI=1S/C20H13ClO2/c1-11(22)10-18(23)14-6-4-12-2-3-13-5-9-17(21)16-8-7-15(14)19(12)20(13)16/h2-9H,10H2,1H3. The molecule has 0 bridgehead atoms. The summed E-state index contributed by atoms with van der Waals surface area (Å²) < 4.78 is 0. The molecule has 0 aliphatic rings. The second-order valence-corrected chi connectivity index (χ2v) is 6.29. The highest BCUT2D eigenvalue weighted by molar-refractivity contribution is 6.39. The Labute approximate surface area is 138 Å². The quantitative estimate of drug-likeness (QED) is 0.288. The third kappa shape index (κ3) is 2.10. The normalized spacial score (nSPS) is 11.6. The maximum atomic E-state index is 12.4. The average Bonchev–Trinajstić information content (AvgIpc) is 2.53. The molecule has 3 heteroatoms. The van der Waals surface area contributed by atoms with Crippen LogP contribution in [0.2, 0.25) is 5.02 Å². The first-order valence-corrected chi connectivity index (χ1v) is 7.83. The van der Waals surface area contributed by atoms with E-state index in [0.717, 1.165) is 32.3 Å². The number of hydrogen-bond acceptors (Lipinski definition) is 2. The summed E-state index contributed by atoms with van der Waals surface area (Å²) >= 11 is 6.34. The number of carbonyl (C=O) groups excluding carboxylic acids is 2.